The second-order valence-electron chi connectivity index (χ2n) is 2.89. The van der Waals surface area contributed by atoms with Crippen LogP contribution in [0.1, 0.15) is 12.8 Å². The summed E-state index contributed by atoms with van der Waals surface area (Å²) in [4.78, 5) is 1.31. The molecule has 0 radical (unpaired) electrons. The smallest absolute Gasteiger partial charge is 0.0418 e. The van der Waals surface area contributed by atoms with E-state index in [0.29, 0.717) is 0 Å². The van der Waals surface area contributed by atoms with Crippen LogP contribution < -0.4 is 0 Å². The molecule has 1 fully saturated rings. The predicted molar refractivity (Wildman–Crippen MR) is 58.0 cm³/mol. The van der Waals surface area contributed by atoms with Gasteiger partial charge >= 0.3 is 0 Å². The van der Waals surface area contributed by atoms with Crippen LogP contribution in [0.5, 0.6) is 0 Å². The number of benzene rings is 1. The van der Waals surface area contributed by atoms with E-state index in [-0.39, 0.29) is 0 Å². The fourth-order valence-corrected chi connectivity index (χ4v) is 2.95. The Morgan fingerprint density at radius 1 is 1.42 bits per heavy atom. The highest BCUT2D eigenvalue weighted by Gasteiger charge is 2.23. The molecule has 12 heavy (non-hydrogen) atoms. The molecule has 0 bridgehead atoms. The van der Waals surface area contributed by atoms with E-state index in [2.05, 4.69) is 22.0 Å². The third-order valence-corrected chi connectivity index (χ3v) is 4.28. The first kappa shape index (κ1) is 8.92. The monoisotopic (exact) mass is 262 g/mol. The van der Waals surface area contributed by atoms with Crippen molar-refractivity contribution in [2.75, 3.05) is 0 Å². The molecule has 0 heterocycles. The van der Waals surface area contributed by atoms with Gasteiger partial charge < -0.3 is 0 Å². The maximum atomic E-state index is 5.83. The van der Waals surface area contributed by atoms with Crippen LogP contribution in [0.25, 0.3) is 0 Å². The average Bonchev–Trinajstić information content (AvgIpc) is 2.79. The Labute approximate surface area is 89.8 Å². The minimum absolute atomic E-state index is 0.794. The highest BCUT2D eigenvalue weighted by molar-refractivity contribution is 9.10. The highest BCUT2D eigenvalue weighted by atomic mass is 79.9. The molecule has 0 nitrogen and oxygen atoms in total. The lowest BCUT2D eigenvalue weighted by atomic mass is 10.4. The molecule has 3 heteroatoms. The van der Waals surface area contributed by atoms with Crippen molar-refractivity contribution in [3.05, 3.63) is 27.7 Å². The van der Waals surface area contributed by atoms with Gasteiger partial charge in [-0.2, -0.15) is 0 Å². The normalized spacial score (nSPS) is 16.5. The molecule has 2 rings (SSSR count). The first-order valence-corrected chi connectivity index (χ1v) is 5.92. The molecule has 1 aromatic carbocycles. The first-order chi connectivity index (χ1) is 5.75. The summed E-state index contributed by atoms with van der Waals surface area (Å²) >= 11 is 11.3. The van der Waals surface area contributed by atoms with Gasteiger partial charge in [0, 0.05) is 19.6 Å². The summed E-state index contributed by atoms with van der Waals surface area (Å²) in [6, 6.07) is 5.97. The molecule has 1 aliphatic carbocycles. The Kier molecular flexibility index (Phi) is 2.68. The molecule has 0 unspecified atom stereocenters. The summed E-state index contributed by atoms with van der Waals surface area (Å²) < 4.78 is 1.12. The third-order valence-electron chi connectivity index (χ3n) is 1.71. The van der Waals surface area contributed by atoms with E-state index in [0.717, 1.165) is 14.7 Å². The zero-order valence-corrected chi connectivity index (χ0v) is 9.55. The van der Waals surface area contributed by atoms with Gasteiger partial charge in [0.15, 0.2) is 0 Å². The van der Waals surface area contributed by atoms with Gasteiger partial charge in [0.05, 0.1) is 0 Å². The summed E-state index contributed by atoms with van der Waals surface area (Å²) in [5.41, 5.74) is 0. The van der Waals surface area contributed by atoms with Crippen LogP contribution in [0.15, 0.2) is 27.6 Å². The van der Waals surface area contributed by atoms with Crippen LogP contribution in [-0.4, -0.2) is 5.25 Å². The Morgan fingerprint density at radius 3 is 2.75 bits per heavy atom. The van der Waals surface area contributed by atoms with Gasteiger partial charge in [-0.15, -0.1) is 11.8 Å². The Balaban J connectivity index is 2.18. The van der Waals surface area contributed by atoms with E-state index in [1.807, 2.05) is 23.9 Å². The Bertz CT molecular complexity index is 297. The molecule has 1 saturated carbocycles. The largest absolute Gasteiger partial charge is 0.122 e. The van der Waals surface area contributed by atoms with Gasteiger partial charge in [-0.3, -0.25) is 0 Å². The standard InChI is InChI=1S/C9H8BrClS/c10-8-5-6(11)1-4-9(8)12-7-2-3-7/h1,4-5,7H,2-3H2. The van der Waals surface area contributed by atoms with Crippen LogP contribution in [-0.2, 0) is 0 Å². The quantitative estimate of drug-likeness (QED) is 0.764. The lowest BCUT2D eigenvalue weighted by Gasteiger charge is -2.02. The van der Waals surface area contributed by atoms with Crippen molar-refractivity contribution in [2.24, 2.45) is 0 Å². The molecule has 0 aliphatic heterocycles. The second-order valence-corrected chi connectivity index (χ2v) is 5.52. The SMILES string of the molecule is Clc1ccc(SC2CC2)c(Br)c1. The predicted octanol–water partition coefficient (Wildman–Crippen LogP) is 4.36. The van der Waals surface area contributed by atoms with E-state index in [1.54, 1.807) is 0 Å². The average molecular weight is 264 g/mol. The van der Waals surface area contributed by atoms with Crippen molar-refractivity contribution in [3.63, 3.8) is 0 Å². The molecule has 0 spiro atoms. The molecule has 64 valence electrons. The van der Waals surface area contributed by atoms with E-state index >= 15 is 0 Å². The van der Waals surface area contributed by atoms with Crippen molar-refractivity contribution in [3.8, 4) is 0 Å². The number of halogens is 2. The van der Waals surface area contributed by atoms with Crippen molar-refractivity contribution >= 4 is 39.3 Å². The van der Waals surface area contributed by atoms with Crippen molar-refractivity contribution in [2.45, 2.75) is 23.0 Å². The van der Waals surface area contributed by atoms with Crippen molar-refractivity contribution < 1.29 is 0 Å². The van der Waals surface area contributed by atoms with E-state index < -0.39 is 0 Å². The van der Waals surface area contributed by atoms with Crippen LogP contribution in [0.2, 0.25) is 5.02 Å². The van der Waals surface area contributed by atoms with E-state index in [4.69, 9.17) is 11.6 Å². The van der Waals surface area contributed by atoms with Crippen LogP contribution in [0.4, 0.5) is 0 Å². The Morgan fingerprint density at radius 2 is 2.17 bits per heavy atom. The van der Waals surface area contributed by atoms with Gasteiger partial charge in [-0.1, -0.05) is 11.6 Å². The summed E-state index contributed by atoms with van der Waals surface area (Å²) in [6.45, 7) is 0. The highest BCUT2D eigenvalue weighted by Crippen LogP contribution is 2.42. The number of hydrogen-bond donors (Lipinski definition) is 0. The summed E-state index contributed by atoms with van der Waals surface area (Å²) in [7, 11) is 0. The van der Waals surface area contributed by atoms with Gasteiger partial charge in [0.2, 0.25) is 0 Å². The van der Waals surface area contributed by atoms with Crippen molar-refractivity contribution in [1.29, 1.82) is 0 Å². The molecule has 0 atom stereocenters. The molecule has 1 aliphatic rings. The van der Waals surface area contributed by atoms with Crippen LogP contribution >= 0.6 is 39.3 Å². The molecule has 1 aromatic rings. The number of hydrogen-bond acceptors (Lipinski definition) is 1. The molecule has 0 amide bonds. The zero-order valence-electron chi connectivity index (χ0n) is 6.39. The second kappa shape index (κ2) is 3.60. The van der Waals surface area contributed by atoms with Crippen LogP contribution in [0, 0.1) is 0 Å². The fraction of sp³-hybridized carbons (Fsp3) is 0.333. The lowest BCUT2D eigenvalue weighted by Crippen LogP contribution is -1.77. The van der Waals surface area contributed by atoms with Gasteiger partial charge in [0.1, 0.15) is 0 Å². The van der Waals surface area contributed by atoms with Gasteiger partial charge in [-0.25, -0.2) is 0 Å². The topological polar surface area (TPSA) is 0 Å². The minimum atomic E-state index is 0.794. The maximum absolute atomic E-state index is 5.83. The van der Waals surface area contributed by atoms with Crippen molar-refractivity contribution in [1.82, 2.24) is 0 Å². The first-order valence-electron chi connectivity index (χ1n) is 3.87. The molecule has 0 N–H and O–H groups in total. The van der Waals surface area contributed by atoms with E-state index in [9.17, 15) is 0 Å². The molecule has 0 aromatic heterocycles. The summed E-state index contributed by atoms with van der Waals surface area (Å²) in [5.74, 6) is 0. The van der Waals surface area contributed by atoms with Gasteiger partial charge in [0.25, 0.3) is 0 Å². The molecule has 0 saturated heterocycles. The van der Waals surface area contributed by atoms with E-state index in [1.165, 1.54) is 17.7 Å². The summed E-state index contributed by atoms with van der Waals surface area (Å²) in [5, 5.41) is 1.64. The lowest BCUT2D eigenvalue weighted by molar-refractivity contribution is 1.38. The minimum Gasteiger partial charge on any atom is -0.122 e. The summed E-state index contributed by atoms with van der Waals surface area (Å²) in [6.07, 6.45) is 2.72. The third kappa shape index (κ3) is 2.18. The molecular weight excluding hydrogens is 256 g/mol. The number of rotatable bonds is 2. The number of thioether (sulfide) groups is 1. The fourth-order valence-electron chi connectivity index (χ4n) is 0.936. The zero-order chi connectivity index (χ0) is 8.55. The Hall–Kier alpha value is 0.340. The van der Waals surface area contributed by atoms with Crippen LogP contribution in [0.3, 0.4) is 0 Å². The van der Waals surface area contributed by atoms with Gasteiger partial charge in [-0.05, 0) is 47.0 Å². The maximum Gasteiger partial charge on any atom is 0.0418 e. The molecular formula is C9H8BrClS.